The molecule has 0 bridgehead atoms. The van der Waals surface area contributed by atoms with E-state index in [2.05, 4.69) is 5.32 Å². The zero-order chi connectivity index (χ0) is 12.0. The van der Waals surface area contributed by atoms with Gasteiger partial charge in [-0.2, -0.15) is 0 Å². The van der Waals surface area contributed by atoms with E-state index in [1.165, 1.54) is 0 Å². The maximum atomic E-state index is 10.7. The first-order chi connectivity index (χ1) is 7.63. The van der Waals surface area contributed by atoms with E-state index >= 15 is 0 Å². The van der Waals surface area contributed by atoms with E-state index in [0.29, 0.717) is 13.0 Å². The lowest BCUT2D eigenvalue weighted by atomic mass is 10.1. The van der Waals surface area contributed by atoms with E-state index in [1.54, 1.807) is 0 Å². The fourth-order valence-electron chi connectivity index (χ4n) is 1.51. The summed E-state index contributed by atoms with van der Waals surface area (Å²) in [4.78, 5) is 10.7. The van der Waals surface area contributed by atoms with Crippen molar-refractivity contribution in [3.8, 4) is 0 Å². The SMILES string of the molecule is CCC(CNCCc1ccc(C)o1)C(=O)O. The van der Waals surface area contributed by atoms with Gasteiger partial charge in [-0.1, -0.05) is 6.92 Å². The third-order valence-electron chi connectivity index (χ3n) is 2.58. The van der Waals surface area contributed by atoms with Crippen LogP contribution in [0.15, 0.2) is 16.5 Å². The summed E-state index contributed by atoms with van der Waals surface area (Å²) in [5.41, 5.74) is 0. The van der Waals surface area contributed by atoms with Crippen LogP contribution in [0.25, 0.3) is 0 Å². The summed E-state index contributed by atoms with van der Waals surface area (Å²) in [6, 6.07) is 3.88. The topological polar surface area (TPSA) is 62.5 Å². The van der Waals surface area contributed by atoms with Crippen molar-refractivity contribution in [1.82, 2.24) is 5.32 Å². The van der Waals surface area contributed by atoms with Crippen LogP contribution in [-0.2, 0) is 11.2 Å². The number of carboxylic acids is 1. The fourth-order valence-corrected chi connectivity index (χ4v) is 1.51. The van der Waals surface area contributed by atoms with Gasteiger partial charge in [-0.3, -0.25) is 4.79 Å². The number of hydrogen-bond donors (Lipinski definition) is 2. The predicted octanol–water partition coefficient (Wildman–Crippen LogP) is 1.83. The second-order valence-electron chi connectivity index (χ2n) is 3.91. The molecule has 2 N–H and O–H groups in total. The van der Waals surface area contributed by atoms with Crippen molar-refractivity contribution in [1.29, 1.82) is 0 Å². The van der Waals surface area contributed by atoms with Gasteiger partial charge in [0.1, 0.15) is 11.5 Å². The fraction of sp³-hybridized carbons (Fsp3) is 0.583. The normalized spacial score (nSPS) is 12.6. The first kappa shape index (κ1) is 12.8. The molecule has 0 amide bonds. The molecule has 0 aliphatic carbocycles. The molecule has 1 heterocycles. The molecule has 0 saturated carbocycles. The minimum Gasteiger partial charge on any atom is -0.481 e. The molecule has 16 heavy (non-hydrogen) atoms. The van der Waals surface area contributed by atoms with E-state index in [9.17, 15) is 4.79 Å². The second-order valence-corrected chi connectivity index (χ2v) is 3.91. The molecule has 0 aromatic carbocycles. The van der Waals surface area contributed by atoms with Crippen LogP contribution in [0.2, 0.25) is 0 Å². The Morgan fingerprint density at radius 3 is 2.81 bits per heavy atom. The van der Waals surface area contributed by atoms with Gasteiger partial charge in [-0.15, -0.1) is 0 Å². The lowest BCUT2D eigenvalue weighted by Crippen LogP contribution is -2.29. The van der Waals surface area contributed by atoms with Crippen molar-refractivity contribution in [2.45, 2.75) is 26.7 Å². The summed E-state index contributed by atoms with van der Waals surface area (Å²) >= 11 is 0. The maximum Gasteiger partial charge on any atom is 0.307 e. The van der Waals surface area contributed by atoms with Gasteiger partial charge in [-0.25, -0.2) is 0 Å². The molecule has 4 nitrogen and oxygen atoms in total. The number of carbonyl (C=O) groups is 1. The quantitative estimate of drug-likeness (QED) is 0.695. The molecule has 1 rings (SSSR count). The monoisotopic (exact) mass is 225 g/mol. The lowest BCUT2D eigenvalue weighted by molar-refractivity contribution is -0.141. The predicted molar refractivity (Wildman–Crippen MR) is 61.4 cm³/mol. The van der Waals surface area contributed by atoms with Gasteiger partial charge in [0.15, 0.2) is 0 Å². The first-order valence-electron chi connectivity index (χ1n) is 5.62. The zero-order valence-corrected chi connectivity index (χ0v) is 9.82. The summed E-state index contributed by atoms with van der Waals surface area (Å²) in [5, 5.41) is 12.0. The van der Waals surface area contributed by atoms with Gasteiger partial charge in [0, 0.05) is 19.5 Å². The van der Waals surface area contributed by atoms with Crippen LogP contribution >= 0.6 is 0 Å². The molecule has 0 aliphatic rings. The van der Waals surface area contributed by atoms with Crippen molar-refractivity contribution >= 4 is 5.97 Å². The highest BCUT2D eigenvalue weighted by Gasteiger charge is 2.13. The molecule has 4 heteroatoms. The van der Waals surface area contributed by atoms with E-state index in [1.807, 2.05) is 26.0 Å². The highest BCUT2D eigenvalue weighted by Crippen LogP contribution is 2.06. The Morgan fingerprint density at radius 2 is 2.31 bits per heavy atom. The van der Waals surface area contributed by atoms with Crippen molar-refractivity contribution < 1.29 is 14.3 Å². The number of nitrogens with one attached hydrogen (secondary N) is 1. The number of hydrogen-bond acceptors (Lipinski definition) is 3. The van der Waals surface area contributed by atoms with Gasteiger partial charge in [0.05, 0.1) is 5.92 Å². The van der Waals surface area contributed by atoms with Gasteiger partial charge in [0.2, 0.25) is 0 Å². The summed E-state index contributed by atoms with van der Waals surface area (Å²) in [6.45, 7) is 5.06. The van der Waals surface area contributed by atoms with Gasteiger partial charge < -0.3 is 14.8 Å². The molecule has 90 valence electrons. The Kier molecular flexibility index (Phi) is 5.05. The van der Waals surface area contributed by atoms with Crippen molar-refractivity contribution in [3.63, 3.8) is 0 Å². The van der Waals surface area contributed by atoms with Crippen LogP contribution in [0.5, 0.6) is 0 Å². The molecule has 1 atom stereocenters. The van der Waals surface area contributed by atoms with Crippen LogP contribution < -0.4 is 5.32 Å². The molecule has 1 aromatic heterocycles. The molecule has 0 aliphatic heterocycles. The minimum absolute atomic E-state index is 0.293. The summed E-state index contributed by atoms with van der Waals surface area (Å²) in [6.07, 6.45) is 1.45. The Bertz CT molecular complexity index is 333. The Hall–Kier alpha value is -1.29. The third kappa shape index (κ3) is 4.06. The standard InChI is InChI=1S/C12H19NO3/c1-3-10(12(14)15)8-13-7-6-11-5-4-9(2)16-11/h4-5,10,13H,3,6-8H2,1-2H3,(H,14,15). The Labute approximate surface area is 95.7 Å². The number of furan rings is 1. The average molecular weight is 225 g/mol. The van der Waals surface area contributed by atoms with Gasteiger partial charge in [0.25, 0.3) is 0 Å². The molecule has 0 saturated heterocycles. The summed E-state index contributed by atoms with van der Waals surface area (Å²) in [5.74, 6) is 0.822. The van der Waals surface area contributed by atoms with Crippen molar-refractivity contribution in [2.75, 3.05) is 13.1 Å². The lowest BCUT2D eigenvalue weighted by Gasteiger charge is -2.10. The van der Waals surface area contributed by atoms with E-state index in [0.717, 1.165) is 24.5 Å². The zero-order valence-electron chi connectivity index (χ0n) is 9.82. The number of carboxylic acid groups (broad SMARTS) is 1. The largest absolute Gasteiger partial charge is 0.481 e. The summed E-state index contributed by atoms with van der Waals surface area (Å²) in [7, 11) is 0. The first-order valence-corrected chi connectivity index (χ1v) is 5.62. The Morgan fingerprint density at radius 1 is 1.56 bits per heavy atom. The minimum atomic E-state index is -0.733. The van der Waals surface area contributed by atoms with E-state index < -0.39 is 5.97 Å². The van der Waals surface area contributed by atoms with Gasteiger partial charge >= 0.3 is 5.97 Å². The molecular weight excluding hydrogens is 206 g/mol. The Balaban J connectivity index is 2.18. The van der Waals surface area contributed by atoms with Crippen LogP contribution in [0.1, 0.15) is 24.9 Å². The third-order valence-corrected chi connectivity index (χ3v) is 2.58. The smallest absolute Gasteiger partial charge is 0.307 e. The molecular formula is C12H19NO3. The molecule has 0 spiro atoms. The van der Waals surface area contributed by atoms with Crippen molar-refractivity contribution in [2.24, 2.45) is 5.92 Å². The number of aryl methyl sites for hydroxylation is 1. The highest BCUT2D eigenvalue weighted by atomic mass is 16.4. The van der Waals surface area contributed by atoms with Crippen LogP contribution in [0.4, 0.5) is 0 Å². The van der Waals surface area contributed by atoms with Crippen LogP contribution in [0.3, 0.4) is 0 Å². The van der Waals surface area contributed by atoms with Crippen LogP contribution in [0, 0.1) is 12.8 Å². The number of rotatable bonds is 7. The summed E-state index contributed by atoms with van der Waals surface area (Å²) < 4.78 is 5.41. The molecule has 0 radical (unpaired) electrons. The maximum absolute atomic E-state index is 10.7. The van der Waals surface area contributed by atoms with Crippen molar-refractivity contribution in [3.05, 3.63) is 23.7 Å². The highest BCUT2D eigenvalue weighted by molar-refractivity contribution is 5.70. The van der Waals surface area contributed by atoms with E-state index in [4.69, 9.17) is 9.52 Å². The molecule has 1 aromatic rings. The average Bonchev–Trinajstić information content (AvgIpc) is 2.64. The number of aliphatic carboxylic acids is 1. The van der Waals surface area contributed by atoms with Gasteiger partial charge in [-0.05, 0) is 25.5 Å². The second kappa shape index (κ2) is 6.33. The van der Waals surface area contributed by atoms with Crippen LogP contribution in [-0.4, -0.2) is 24.2 Å². The molecule has 0 fully saturated rings. The van der Waals surface area contributed by atoms with E-state index in [-0.39, 0.29) is 5.92 Å². The molecule has 1 unspecified atom stereocenters.